The first-order valence-electron chi connectivity index (χ1n) is 8.63. The molecule has 8 heteroatoms. The molecule has 27 heavy (non-hydrogen) atoms. The van der Waals surface area contributed by atoms with E-state index < -0.39 is 6.61 Å². The van der Waals surface area contributed by atoms with Crippen LogP contribution in [-0.4, -0.2) is 43.8 Å². The molecule has 5 nitrogen and oxygen atoms in total. The Kier molecular flexibility index (Phi) is 6.63. The van der Waals surface area contributed by atoms with E-state index in [9.17, 15) is 13.6 Å². The zero-order chi connectivity index (χ0) is 19.2. The molecule has 1 atom stereocenters. The molecule has 1 amide bonds. The van der Waals surface area contributed by atoms with Gasteiger partial charge in [-0.25, -0.2) is 0 Å². The van der Waals surface area contributed by atoms with Gasteiger partial charge in [-0.05, 0) is 42.5 Å². The van der Waals surface area contributed by atoms with Crippen LogP contribution in [0.3, 0.4) is 0 Å². The van der Waals surface area contributed by atoms with Gasteiger partial charge in [-0.1, -0.05) is 6.07 Å². The number of hydrogen-bond donors (Lipinski definition) is 0. The van der Waals surface area contributed by atoms with Gasteiger partial charge in [0.05, 0.1) is 19.8 Å². The van der Waals surface area contributed by atoms with E-state index in [-0.39, 0.29) is 23.5 Å². The molecule has 0 radical (unpaired) electrons. The first-order valence-corrected chi connectivity index (χ1v) is 9.51. The summed E-state index contributed by atoms with van der Waals surface area (Å²) in [5, 5.41) is 1.96. The minimum Gasteiger partial charge on any atom is -0.493 e. The van der Waals surface area contributed by atoms with E-state index in [4.69, 9.17) is 9.47 Å². The Balaban J connectivity index is 1.81. The van der Waals surface area contributed by atoms with Crippen molar-refractivity contribution >= 4 is 17.2 Å². The van der Waals surface area contributed by atoms with Crippen LogP contribution >= 0.6 is 11.3 Å². The van der Waals surface area contributed by atoms with Crippen LogP contribution in [-0.2, 0) is 11.3 Å². The van der Waals surface area contributed by atoms with Crippen molar-refractivity contribution in [1.82, 2.24) is 4.90 Å². The number of ether oxygens (including phenoxy) is 3. The fourth-order valence-electron chi connectivity index (χ4n) is 3.02. The van der Waals surface area contributed by atoms with E-state index in [1.165, 1.54) is 25.3 Å². The summed E-state index contributed by atoms with van der Waals surface area (Å²) in [5.74, 6) is -0.219. The Bertz CT molecular complexity index is 748. The highest BCUT2D eigenvalue weighted by Crippen LogP contribution is 2.30. The minimum absolute atomic E-state index is 0.0113. The quantitative estimate of drug-likeness (QED) is 0.671. The second kappa shape index (κ2) is 9.14. The Morgan fingerprint density at radius 2 is 2.22 bits per heavy atom. The van der Waals surface area contributed by atoms with Gasteiger partial charge in [-0.15, -0.1) is 11.3 Å². The maximum atomic E-state index is 13.1. The van der Waals surface area contributed by atoms with Crippen LogP contribution in [0.4, 0.5) is 8.78 Å². The highest BCUT2D eigenvalue weighted by Gasteiger charge is 2.25. The summed E-state index contributed by atoms with van der Waals surface area (Å²) in [6.45, 7) is -1.31. The number of halogens is 2. The van der Waals surface area contributed by atoms with E-state index in [0.717, 1.165) is 17.7 Å². The summed E-state index contributed by atoms with van der Waals surface area (Å²) in [4.78, 5) is 15.9. The number of hydrogen-bond acceptors (Lipinski definition) is 5. The Labute approximate surface area is 160 Å². The molecule has 0 bridgehead atoms. The molecule has 1 unspecified atom stereocenters. The van der Waals surface area contributed by atoms with Crippen LogP contribution in [0.15, 0.2) is 35.7 Å². The Morgan fingerprint density at radius 3 is 2.85 bits per heavy atom. The van der Waals surface area contributed by atoms with Crippen molar-refractivity contribution < 1.29 is 27.8 Å². The van der Waals surface area contributed by atoms with Gasteiger partial charge in [0.2, 0.25) is 0 Å². The van der Waals surface area contributed by atoms with E-state index in [2.05, 4.69) is 4.74 Å². The average Bonchev–Trinajstić information content (AvgIpc) is 3.34. The van der Waals surface area contributed by atoms with E-state index in [1.807, 2.05) is 17.5 Å². The second-order valence-electron chi connectivity index (χ2n) is 6.14. The summed E-state index contributed by atoms with van der Waals surface area (Å²) >= 11 is 1.58. The zero-order valence-corrected chi connectivity index (χ0v) is 15.7. The third kappa shape index (κ3) is 5.17. The zero-order valence-electron chi connectivity index (χ0n) is 14.9. The number of nitrogens with zero attached hydrogens (tertiary/aromatic N) is 1. The van der Waals surface area contributed by atoms with Crippen molar-refractivity contribution in [3.05, 3.63) is 46.2 Å². The number of methoxy groups -OCH3 is 1. The lowest BCUT2D eigenvalue weighted by molar-refractivity contribution is -0.0512. The highest BCUT2D eigenvalue weighted by molar-refractivity contribution is 7.09. The number of carbonyl (C=O) groups excluding carboxylic acids is 1. The lowest BCUT2D eigenvalue weighted by atomic mass is 10.1. The fraction of sp³-hybridized carbons (Fsp3) is 0.421. The maximum Gasteiger partial charge on any atom is 0.387 e. The predicted molar refractivity (Wildman–Crippen MR) is 97.7 cm³/mol. The van der Waals surface area contributed by atoms with Crippen LogP contribution in [0.1, 0.15) is 28.1 Å². The topological polar surface area (TPSA) is 48.0 Å². The van der Waals surface area contributed by atoms with Gasteiger partial charge >= 0.3 is 6.61 Å². The number of thiophene rings is 1. The standard InChI is InChI=1S/C19H21F2NO4S/c1-24-17-10-13(6-7-16(17)26-19(20)21)18(23)22(11-14-4-2-8-25-14)12-15-5-3-9-27-15/h3,5-7,9-10,14,19H,2,4,8,11-12H2,1H3. The van der Waals surface area contributed by atoms with E-state index >= 15 is 0 Å². The van der Waals surface area contributed by atoms with Gasteiger partial charge in [0, 0.05) is 23.6 Å². The SMILES string of the molecule is COc1cc(C(=O)N(Cc2cccs2)CC2CCCO2)ccc1OC(F)F. The summed E-state index contributed by atoms with van der Waals surface area (Å²) in [7, 11) is 1.34. The molecule has 0 aliphatic carbocycles. The van der Waals surface area contributed by atoms with Crippen LogP contribution < -0.4 is 9.47 Å². The van der Waals surface area contributed by atoms with Gasteiger partial charge in [-0.3, -0.25) is 4.79 Å². The smallest absolute Gasteiger partial charge is 0.387 e. The van der Waals surface area contributed by atoms with Crippen molar-refractivity contribution in [2.75, 3.05) is 20.3 Å². The van der Waals surface area contributed by atoms with Crippen LogP contribution in [0, 0.1) is 0 Å². The van der Waals surface area contributed by atoms with Gasteiger partial charge in [0.15, 0.2) is 11.5 Å². The van der Waals surface area contributed by atoms with Gasteiger partial charge < -0.3 is 19.1 Å². The normalized spacial score (nSPS) is 16.5. The monoisotopic (exact) mass is 397 g/mol. The number of benzene rings is 1. The molecule has 2 heterocycles. The lowest BCUT2D eigenvalue weighted by Gasteiger charge is -2.25. The highest BCUT2D eigenvalue weighted by atomic mass is 32.1. The third-order valence-corrected chi connectivity index (χ3v) is 5.15. The van der Waals surface area contributed by atoms with Gasteiger partial charge in [-0.2, -0.15) is 8.78 Å². The molecule has 1 aromatic carbocycles. The summed E-state index contributed by atoms with van der Waals surface area (Å²) in [5.41, 5.74) is 0.350. The molecule has 1 saturated heterocycles. The van der Waals surface area contributed by atoms with Crippen LogP contribution in [0.25, 0.3) is 0 Å². The fourth-order valence-corrected chi connectivity index (χ4v) is 3.74. The summed E-state index contributed by atoms with van der Waals surface area (Å²) in [6, 6.07) is 8.14. The molecule has 1 aromatic heterocycles. The molecule has 3 rings (SSSR count). The molecule has 2 aromatic rings. The lowest BCUT2D eigenvalue weighted by Crippen LogP contribution is -2.36. The average molecular weight is 397 g/mol. The van der Waals surface area contributed by atoms with Crippen molar-refractivity contribution in [3.63, 3.8) is 0 Å². The molecule has 1 aliphatic heterocycles. The largest absolute Gasteiger partial charge is 0.493 e. The first kappa shape index (κ1) is 19.6. The van der Waals surface area contributed by atoms with E-state index in [1.54, 1.807) is 16.2 Å². The first-order chi connectivity index (χ1) is 13.1. The number of carbonyl (C=O) groups is 1. The van der Waals surface area contributed by atoms with Gasteiger partial charge in [0.1, 0.15) is 0 Å². The molecular weight excluding hydrogens is 376 g/mol. The van der Waals surface area contributed by atoms with Crippen LogP contribution in [0.2, 0.25) is 0 Å². The van der Waals surface area contributed by atoms with Crippen LogP contribution in [0.5, 0.6) is 11.5 Å². The molecule has 0 saturated carbocycles. The predicted octanol–water partition coefficient (Wildman–Crippen LogP) is 4.18. The molecule has 1 aliphatic rings. The molecular formula is C19H21F2NO4S. The second-order valence-corrected chi connectivity index (χ2v) is 7.18. The van der Waals surface area contributed by atoms with Crippen molar-refractivity contribution in [2.24, 2.45) is 0 Å². The summed E-state index contributed by atoms with van der Waals surface area (Å²) in [6.07, 6.45) is 1.91. The third-order valence-electron chi connectivity index (χ3n) is 4.29. The Morgan fingerprint density at radius 1 is 1.37 bits per heavy atom. The van der Waals surface area contributed by atoms with Gasteiger partial charge in [0.25, 0.3) is 5.91 Å². The number of rotatable bonds is 8. The van der Waals surface area contributed by atoms with Crippen molar-refractivity contribution in [2.45, 2.75) is 32.1 Å². The minimum atomic E-state index is -2.96. The summed E-state index contributed by atoms with van der Waals surface area (Å²) < 4.78 is 40.2. The molecule has 0 spiro atoms. The van der Waals surface area contributed by atoms with E-state index in [0.29, 0.717) is 25.3 Å². The molecule has 1 fully saturated rings. The van der Waals surface area contributed by atoms with Crippen molar-refractivity contribution in [3.8, 4) is 11.5 Å². The molecule has 0 N–H and O–H groups in total. The Hall–Kier alpha value is -2.19. The van der Waals surface area contributed by atoms with Crippen molar-refractivity contribution in [1.29, 1.82) is 0 Å². The molecule has 146 valence electrons. The number of amides is 1. The number of alkyl halides is 2. The maximum absolute atomic E-state index is 13.1.